The molecule has 2 heterocycles. The third-order valence-corrected chi connectivity index (χ3v) is 13.6. The summed E-state index contributed by atoms with van der Waals surface area (Å²) in [7, 11) is 0. The van der Waals surface area contributed by atoms with Crippen LogP contribution in [0.5, 0.6) is 0 Å². The lowest BCUT2D eigenvalue weighted by Crippen LogP contribution is -2.11. The zero-order valence-electron chi connectivity index (χ0n) is 37.7. The molecule has 13 rings (SSSR count). The van der Waals surface area contributed by atoms with Crippen molar-refractivity contribution in [3.8, 4) is 61.3 Å². The molecule has 0 aliphatic carbocycles. The van der Waals surface area contributed by atoms with Crippen LogP contribution in [0.2, 0.25) is 0 Å². The van der Waals surface area contributed by atoms with Crippen molar-refractivity contribution < 1.29 is 4.42 Å². The van der Waals surface area contributed by atoms with Gasteiger partial charge in [0.25, 0.3) is 0 Å². The monoisotopic (exact) mass is 880 g/mol. The van der Waals surface area contributed by atoms with Gasteiger partial charge >= 0.3 is 0 Å². The van der Waals surface area contributed by atoms with Gasteiger partial charge < -0.3 is 13.9 Å². The quantitative estimate of drug-likeness (QED) is 0.144. The van der Waals surface area contributed by atoms with Crippen molar-refractivity contribution >= 4 is 60.8 Å². The van der Waals surface area contributed by atoms with E-state index in [4.69, 9.17) is 4.42 Å². The van der Waals surface area contributed by atoms with Crippen LogP contribution in [0.3, 0.4) is 0 Å². The van der Waals surface area contributed by atoms with E-state index >= 15 is 0 Å². The number of hydrogen-bond acceptors (Lipinski definition) is 2. The van der Waals surface area contributed by atoms with E-state index in [0.717, 1.165) is 78.1 Å². The Balaban J connectivity index is 0.926. The molecule has 3 nitrogen and oxygen atoms in total. The first kappa shape index (κ1) is 40.1. The van der Waals surface area contributed by atoms with Gasteiger partial charge in [0.05, 0.1) is 22.4 Å². The molecular weight excluding hydrogens is 837 g/mol. The third kappa shape index (κ3) is 7.08. The average Bonchev–Trinajstić information content (AvgIpc) is 3.98. The number of benzene rings is 11. The van der Waals surface area contributed by atoms with Crippen molar-refractivity contribution in [2.45, 2.75) is 0 Å². The fraction of sp³-hybridized carbons (Fsp3) is 0. The Labute approximate surface area is 401 Å². The summed E-state index contributed by atoms with van der Waals surface area (Å²) >= 11 is 0. The van der Waals surface area contributed by atoms with Gasteiger partial charge in [-0.05, 0) is 106 Å². The predicted octanol–water partition coefficient (Wildman–Crippen LogP) is 18.5. The van der Waals surface area contributed by atoms with E-state index < -0.39 is 0 Å². The third-order valence-electron chi connectivity index (χ3n) is 13.6. The summed E-state index contributed by atoms with van der Waals surface area (Å²) in [4.78, 5) is 2.40. The fourth-order valence-corrected chi connectivity index (χ4v) is 10.4. The minimum Gasteiger partial charge on any atom is -0.455 e. The maximum atomic E-state index is 6.57. The van der Waals surface area contributed by atoms with Crippen LogP contribution in [0.15, 0.2) is 271 Å². The largest absolute Gasteiger partial charge is 0.455 e. The first-order valence-corrected chi connectivity index (χ1v) is 23.6. The normalized spacial score (nSPS) is 11.5. The highest BCUT2D eigenvalue weighted by molar-refractivity contribution is 6.11. The molecule has 0 amide bonds. The standard InChI is InChI=1S/C66H44N2O/c1-2-18-45(19-3-1)47-20-14-22-49(42-47)54-26-4-9-33-61(54)67(53-25-16-24-51(44-53)56-31-17-32-60-59-30-8-13-37-65(59)69-66(56)60)52-40-38-46(39-41-52)48-21-15-23-50(43-48)55-27-5-10-34-62(55)68-63-35-11-6-28-57(63)58-29-7-12-36-64(58)68/h1-44H. The summed E-state index contributed by atoms with van der Waals surface area (Å²) in [6.45, 7) is 0. The van der Waals surface area contributed by atoms with Crippen molar-refractivity contribution in [3.05, 3.63) is 267 Å². The second-order valence-electron chi connectivity index (χ2n) is 17.6. The molecule has 0 fully saturated rings. The zero-order valence-corrected chi connectivity index (χ0v) is 37.7. The summed E-state index contributed by atoms with van der Waals surface area (Å²) in [6.07, 6.45) is 0. The van der Waals surface area contributed by atoms with Crippen LogP contribution in [0.25, 0.3) is 105 Å². The van der Waals surface area contributed by atoms with E-state index in [0.29, 0.717) is 0 Å². The van der Waals surface area contributed by atoms with E-state index in [9.17, 15) is 0 Å². The van der Waals surface area contributed by atoms with E-state index in [1.807, 2.05) is 12.1 Å². The molecule has 0 aliphatic rings. The van der Waals surface area contributed by atoms with Crippen molar-refractivity contribution in [2.75, 3.05) is 4.90 Å². The second-order valence-corrected chi connectivity index (χ2v) is 17.6. The number of fused-ring (bicyclic) bond motifs is 6. The van der Waals surface area contributed by atoms with Gasteiger partial charge in [-0.25, -0.2) is 0 Å². The van der Waals surface area contributed by atoms with Crippen LogP contribution < -0.4 is 4.90 Å². The molecule has 0 bridgehead atoms. The number of hydrogen-bond donors (Lipinski definition) is 0. The summed E-state index contributed by atoms with van der Waals surface area (Å²) in [5, 5.41) is 4.74. The van der Waals surface area contributed by atoms with Gasteiger partial charge in [0, 0.05) is 49.6 Å². The smallest absolute Gasteiger partial charge is 0.143 e. The Kier molecular flexibility index (Phi) is 9.84. The summed E-state index contributed by atoms with van der Waals surface area (Å²) in [5.74, 6) is 0. The van der Waals surface area contributed by atoms with Crippen LogP contribution in [0, 0.1) is 0 Å². The minimum absolute atomic E-state index is 0.891. The number of furan rings is 1. The summed E-state index contributed by atoms with van der Waals surface area (Å²) in [6, 6.07) is 96.1. The van der Waals surface area contributed by atoms with Gasteiger partial charge in [0.15, 0.2) is 0 Å². The molecule has 0 saturated carbocycles. The number of nitrogens with zero attached hydrogens (tertiary/aromatic N) is 2. The molecule has 13 aromatic rings. The number of aromatic nitrogens is 1. The topological polar surface area (TPSA) is 21.3 Å². The molecule has 0 N–H and O–H groups in total. The molecule has 0 aliphatic heterocycles. The van der Waals surface area contributed by atoms with Crippen molar-refractivity contribution in [3.63, 3.8) is 0 Å². The van der Waals surface area contributed by atoms with E-state index in [1.165, 1.54) is 44.1 Å². The van der Waals surface area contributed by atoms with Crippen molar-refractivity contribution in [1.29, 1.82) is 0 Å². The van der Waals surface area contributed by atoms with Crippen molar-refractivity contribution in [2.24, 2.45) is 0 Å². The first-order valence-electron chi connectivity index (χ1n) is 23.6. The number of rotatable bonds is 9. The van der Waals surface area contributed by atoms with Gasteiger partial charge in [0.1, 0.15) is 11.2 Å². The summed E-state index contributed by atoms with van der Waals surface area (Å²) < 4.78 is 8.98. The maximum Gasteiger partial charge on any atom is 0.143 e. The Hall–Kier alpha value is -9.18. The number of anilines is 3. The van der Waals surface area contributed by atoms with E-state index in [1.54, 1.807) is 0 Å². The molecule has 0 unspecified atom stereocenters. The lowest BCUT2D eigenvalue weighted by molar-refractivity contribution is 0.670. The molecule has 0 spiro atoms. The minimum atomic E-state index is 0.891. The summed E-state index contributed by atoms with van der Waals surface area (Å²) in [5.41, 5.74) is 20.0. The van der Waals surface area contributed by atoms with Gasteiger partial charge in [-0.3, -0.25) is 0 Å². The molecule has 69 heavy (non-hydrogen) atoms. The molecule has 2 aromatic heterocycles. The highest BCUT2D eigenvalue weighted by Crippen LogP contribution is 2.45. The van der Waals surface area contributed by atoms with Gasteiger partial charge in [-0.1, -0.05) is 200 Å². The molecule has 0 saturated heterocycles. The lowest BCUT2D eigenvalue weighted by atomic mass is 9.96. The molecule has 3 heteroatoms. The Morgan fingerprint density at radius 3 is 1.52 bits per heavy atom. The highest BCUT2D eigenvalue weighted by atomic mass is 16.3. The molecule has 11 aromatic carbocycles. The first-order chi connectivity index (χ1) is 34.2. The second kappa shape index (κ2) is 16.9. The SMILES string of the molecule is c1ccc(-c2cccc(-c3ccccc3N(c3ccc(-c4cccc(-c5ccccc5-n5c6ccccc6c6ccccc65)c4)cc3)c3cccc(-c4cccc5c4oc4ccccc45)c3)c2)cc1. The van der Waals surface area contributed by atoms with Crippen LogP contribution in [-0.2, 0) is 0 Å². The fourth-order valence-electron chi connectivity index (χ4n) is 10.4. The van der Waals surface area contributed by atoms with Gasteiger partial charge in [-0.2, -0.15) is 0 Å². The molecule has 0 radical (unpaired) electrons. The lowest BCUT2D eigenvalue weighted by Gasteiger charge is -2.28. The van der Waals surface area contributed by atoms with Gasteiger partial charge in [0.2, 0.25) is 0 Å². The Morgan fingerprint density at radius 2 is 0.783 bits per heavy atom. The predicted molar refractivity (Wildman–Crippen MR) is 290 cm³/mol. The van der Waals surface area contributed by atoms with Gasteiger partial charge in [-0.15, -0.1) is 0 Å². The molecular formula is C66H44N2O. The Morgan fingerprint density at radius 1 is 0.290 bits per heavy atom. The van der Waals surface area contributed by atoms with Crippen LogP contribution in [-0.4, -0.2) is 4.57 Å². The van der Waals surface area contributed by atoms with E-state index in [-0.39, 0.29) is 0 Å². The zero-order chi connectivity index (χ0) is 45.7. The number of para-hydroxylation sites is 6. The molecule has 0 atom stereocenters. The van der Waals surface area contributed by atoms with Crippen LogP contribution in [0.4, 0.5) is 17.1 Å². The van der Waals surface area contributed by atoms with Crippen LogP contribution >= 0.6 is 0 Å². The maximum absolute atomic E-state index is 6.57. The average molecular weight is 881 g/mol. The van der Waals surface area contributed by atoms with Crippen LogP contribution in [0.1, 0.15) is 0 Å². The van der Waals surface area contributed by atoms with E-state index in [2.05, 4.69) is 264 Å². The highest BCUT2D eigenvalue weighted by Gasteiger charge is 2.21. The van der Waals surface area contributed by atoms with Crippen molar-refractivity contribution in [1.82, 2.24) is 4.57 Å². The molecule has 324 valence electrons. The Bertz CT molecular complexity index is 3970.